The average Bonchev–Trinajstić information content (AvgIpc) is 3.24. The molecule has 9 heteroatoms. The van der Waals surface area contributed by atoms with E-state index in [9.17, 15) is 9.59 Å². The predicted octanol–water partition coefficient (Wildman–Crippen LogP) is 0.258. The van der Waals surface area contributed by atoms with E-state index < -0.39 is 17.9 Å². The van der Waals surface area contributed by atoms with Crippen molar-refractivity contribution in [1.82, 2.24) is 25.2 Å². The molecular formula is C14H18N6O2S. The normalized spacial score (nSPS) is 18.7. The van der Waals surface area contributed by atoms with Crippen LogP contribution in [0.4, 0.5) is 0 Å². The fourth-order valence-corrected chi connectivity index (χ4v) is 3.43. The lowest BCUT2D eigenvalue weighted by atomic mass is 10.2. The van der Waals surface area contributed by atoms with E-state index in [-0.39, 0.29) is 6.04 Å². The quantitative estimate of drug-likeness (QED) is 0.725. The molecule has 1 fully saturated rings. The average molecular weight is 334 g/mol. The van der Waals surface area contributed by atoms with Crippen LogP contribution in [-0.2, 0) is 11.8 Å². The number of nitrogens with one attached hydrogen (secondary N) is 2. The molecule has 2 aromatic heterocycles. The SMILES string of the molecule is Cn1cnc(C(NC(=O)c2csc(C3CCCN3)n2)C(N)=O)c1. The van der Waals surface area contributed by atoms with Crippen molar-refractivity contribution in [2.75, 3.05) is 6.54 Å². The van der Waals surface area contributed by atoms with Gasteiger partial charge in [-0.1, -0.05) is 0 Å². The van der Waals surface area contributed by atoms with Crippen LogP contribution in [0.15, 0.2) is 17.9 Å². The smallest absolute Gasteiger partial charge is 0.271 e. The molecule has 2 amide bonds. The van der Waals surface area contributed by atoms with E-state index in [4.69, 9.17) is 5.73 Å². The number of amides is 2. The van der Waals surface area contributed by atoms with Crippen molar-refractivity contribution < 1.29 is 9.59 Å². The van der Waals surface area contributed by atoms with Crippen molar-refractivity contribution in [3.8, 4) is 0 Å². The summed E-state index contributed by atoms with van der Waals surface area (Å²) in [6.07, 6.45) is 5.32. The lowest BCUT2D eigenvalue weighted by Crippen LogP contribution is -2.37. The third kappa shape index (κ3) is 3.40. The summed E-state index contributed by atoms with van der Waals surface area (Å²) in [7, 11) is 1.78. The molecule has 2 aromatic rings. The first-order valence-corrected chi connectivity index (χ1v) is 8.19. The number of carbonyl (C=O) groups excluding carboxylic acids is 2. The van der Waals surface area contributed by atoms with Crippen LogP contribution >= 0.6 is 11.3 Å². The zero-order valence-electron chi connectivity index (χ0n) is 12.7. The minimum Gasteiger partial charge on any atom is -0.368 e. The van der Waals surface area contributed by atoms with E-state index >= 15 is 0 Å². The van der Waals surface area contributed by atoms with Gasteiger partial charge in [-0.2, -0.15) is 0 Å². The molecule has 3 heterocycles. The highest BCUT2D eigenvalue weighted by molar-refractivity contribution is 7.09. The van der Waals surface area contributed by atoms with Gasteiger partial charge in [0.25, 0.3) is 5.91 Å². The summed E-state index contributed by atoms with van der Waals surface area (Å²) in [6, 6.07) is -0.761. The molecular weight excluding hydrogens is 316 g/mol. The summed E-state index contributed by atoms with van der Waals surface area (Å²) in [4.78, 5) is 32.4. The van der Waals surface area contributed by atoms with E-state index in [1.54, 1.807) is 29.5 Å². The largest absolute Gasteiger partial charge is 0.368 e. The van der Waals surface area contributed by atoms with Gasteiger partial charge in [0.15, 0.2) is 6.04 Å². The van der Waals surface area contributed by atoms with Crippen LogP contribution in [0.25, 0.3) is 0 Å². The number of aryl methyl sites for hydroxylation is 1. The lowest BCUT2D eigenvalue weighted by Gasteiger charge is -2.12. The number of imidazole rings is 1. The van der Waals surface area contributed by atoms with Crippen LogP contribution in [0.5, 0.6) is 0 Å². The van der Waals surface area contributed by atoms with Crippen LogP contribution in [0, 0.1) is 0 Å². The van der Waals surface area contributed by atoms with Gasteiger partial charge in [0.2, 0.25) is 5.91 Å². The molecule has 0 spiro atoms. The molecule has 1 saturated heterocycles. The van der Waals surface area contributed by atoms with E-state index in [2.05, 4.69) is 20.6 Å². The molecule has 8 nitrogen and oxygen atoms in total. The number of aromatic nitrogens is 3. The van der Waals surface area contributed by atoms with Crippen LogP contribution in [0.2, 0.25) is 0 Å². The zero-order chi connectivity index (χ0) is 16.4. The summed E-state index contributed by atoms with van der Waals surface area (Å²) in [5.74, 6) is -1.09. The van der Waals surface area contributed by atoms with Gasteiger partial charge >= 0.3 is 0 Å². The Balaban J connectivity index is 1.73. The third-order valence-corrected chi connectivity index (χ3v) is 4.65. The van der Waals surface area contributed by atoms with Crippen molar-refractivity contribution in [3.05, 3.63) is 34.3 Å². The highest BCUT2D eigenvalue weighted by Gasteiger charge is 2.25. The molecule has 0 saturated carbocycles. The summed E-state index contributed by atoms with van der Waals surface area (Å²) in [6.45, 7) is 0.967. The summed E-state index contributed by atoms with van der Waals surface area (Å²) >= 11 is 1.44. The maximum atomic E-state index is 12.3. The maximum Gasteiger partial charge on any atom is 0.271 e. The van der Waals surface area contributed by atoms with Gasteiger partial charge < -0.3 is 20.9 Å². The minimum absolute atomic E-state index is 0.212. The fourth-order valence-electron chi connectivity index (χ4n) is 2.53. The number of hydrogen-bond donors (Lipinski definition) is 3. The van der Waals surface area contributed by atoms with Crippen LogP contribution in [0.3, 0.4) is 0 Å². The summed E-state index contributed by atoms with van der Waals surface area (Å²) in [5, 5.41) is 8.53. The first-order valence-electron chi connectivity index (χ1n) is 7.31. The Bertz CT molecular complexity index is 718. The van der Waals surface area contributed by atoms with Crippen molar-refractivity contribution in [1.29, 1.82) is 0 Å². The molecule has 23 heavy (non-hydrogen) atoms. The van der Waals surface area contributed by atoms with Crippen LogP contribution in [0.1, 0.15) is 46.1 Å². The first-order chi connectivity index (χ1) is 11.0. The van der Waals surface area contributed by atoms with Gasteiger partial charge in [-0.05, 0) is 19.4 Å². The Kier molecular flexibility index (Phi) is 4.39. The Morgan fingerprint density at radius 3 is 3.00 bits per heavy atom. The highest BCUT2D eigenvalue weighted by Crippen LogP contribution is 2.26. The maximum absolute atomic E-state index is 12.3. The first kappa shape index (κ1) is 15.6. The molecule has 1 aliphatic rings. The molecule has 0 bridgehead atoms. The molecule has 2 atom stereocenters. The molecule has 1 aliphatic heterocycles. The lowest BCUT2D eigenvalue weighted by molar-refractivity contribution is -0.120. The number of primary amides is 1. The zero-order valence-corrected chi connectivity index (χ0v) is 13.5. The molecule has 3 rings (SSSR count). The number of nitrogens with two attached hydrogens (primary N) is 1. The Labute approximate surface area is 137 Å². The predicted molar refractivity (Wildman–Crippen MR) is 84.7 cm³/mol. The molecule has 122 valence electrons. The van der Waals surface area contributed by atoms with Crippen molar-refractivity contribution in [2.24, 2.45) is 12.8 Å². The van der Waals surface area contributed by atoms with E-state index in [1.807, 2.05) is 0 Å². The molecule has 0 radical (unpaired) electrons. The number of hydrogen-bond acceptors (Lipinski definition) is 6. The second kappa shape index (κ2) is 6.47. The van der Waals surface area contributed by atoms with E-state index in [0.717, 1.165) is 24.4 Å². The summed E-state index contributed by atoms with van der Waals surface area (Å²) < 4.78 is 1.68. The molecule has 0 aliphatic carbocycles. The van der Waals surface area contributed by atoms with Crippen molar-refractivity contribution >= 4 is 23.2 Å². The molecule has 2 unspecified atom stereocenters. The number of nitrogens with zero attached hydrogens (tertiary/aromatic N) is 3. The van der Waals surface area contributed by atoms with Gasteiger partial charge in [-0.25, -0.2) is 9.97 Å². The van der Waals surface area contributed by atoms with Crippen LogP contribution in [-0.4, -0.2) is 32.9 Å². The Morgan fingerprint density at radius 2 is 2.39 bits per heavy atom. The number of rotatable bonds is 5. The topological polar surface area (TPSA) is 115 Å². The van der Waals surface area contributed by atoms with E-state index in [0.29, 0.717) is 11.4 Å². The standard InChI is InChI=1S/C14H18N6O2S/c1-20-5-9(17-7-20)11(12(15)21)19-13(22)10-6-23-14(18-10)8-3-2-4-16-8/h5-8,11,16H,2-4H2,1H3,(H2,15,21)(H,19,22). The van der Waals surface area contributed by atoms with Gasteiger partial charge in [-0.15, -0.1) is 11.3 Å². The third-order valence-electron chi connectivity index (χ3n) is 3.69. The highest BCUT2D eigenvalue weighted by atomic mass is 32.1. The summed E-state index contributed by atoms with van der Waals surface area (Å²) in [5.41, 5.74) is 6.07. The van der Waals surface area contributed by atoms with Gasteiger partial charge in [-0.3, -0.25) is 9.59 Å². The minimum atomic E-state index is -0.974. The van der Waals surface area contributed by atoms with Crippen molar-refractivity contribution in [2.45, 2.75) is 24.9 Å². The van der Waals surface area contributed by atoms with Gasteiger partial charge in [0.05, 0.1) is 18.1 Å². The van der Waals surface area contributed by atoms with Gasteiger partial charge in [0.1, 0.15) is 10.7 Å². The number of carbonyl (C=O) groups is 2. The van der Waals surface area contributed by atoms with Crippen molar-refractivity contribution in [3.63, 3.8) is 0 Å². The van der Waals surface area contributed by atoms with Crippen LogP contribution < -0.4 is 16.4 Å². The van der Waals surface area contributed by atoms with Gasteiger partial charge in [0, 0.05) is 18.6 Å². The second-order valence-electron chi connectivity index (χ2n) is 5.49. The Morgan fingerprint density at radius 1 is 1.57 bits per heavy atom. The number of thiazole rings is 1. The van der Waals surface area contributed by atoms with E-state index in [1.165, 1.54) is 11.3 Å². The molecule has 4 N–H and O–H groups in total. The fraction of sp³-hybridized carbons (Fsp3) is 0.429. The Hall–Kier alpha value is -2.26. The molecule has 0 aromatic carbocycles. The monoisotopic (exact) mass is 334 g/mol. The second-order valence-corrected chi connectivity index (χ2v) is 6.38.